The van der Waals surface area contributed by atoms with E-state index in [1.807, 2.05) is 39.8 Å². The van der Waals surface area contributed by atoms with Crippen molar-refractivity contribution in [3.8, 4) is 0 Å². The molecular weight excluding hydrogens is 124 g/mol. The standard InChI is InChI=1S/C9H18O/c1-5-6-7-8(10)9(2,3)4/h5-6,8,10H,7H2,1-4H3/b6-5+. The molecular formula is C9H18O. The Hall–Kier alpha value is -0.300. The monoisotopic (exact) mass is 142 g/mol. The number of aliphatic hydroxyl groups excluding tert-OH is 1. The molecule has 0 aliphatic heterocycles. The van der Waals surface area contributed by atoms with E-state index in [1.165, 1.54) is 0 Å². The third-order valence-electron chi connectivity index (χ3n) is 1.59. The highest BCUT2D eigenvalue weighted by atomic mass is 16.3. The molecule has 0 heterocycles. The molecule has 0 saturated heterocycles. The highest BCUT2D eigenvalue weighted by molar-refractivity contribution is 4.84. The first-order valence-corrected chi connectivity index (χ1v) is 3.77. The average molecular weight is 142 g/mol. The Kier molecular flexibility index (Phi) is 3.66. The summed E-state index contributed by atoms with van der Waals surface area (Å²) in [5, 5.41) is 9.47. The first kappa shape index (κ1) is 9.70. The maximum Gasteiger partial charge on any atom is 0.0622 e. The second-order valence-corrected chi connectivity index (χ2v) is 3.69. The van der Waals surface area contributed by atoms with Crippen LogP contribution in [0.15, 0.2) is 12.2 Å². The van der Waals surface area contributed by atoms with Crippen LogP contribution in [0.25, 0.3) is 0 Å². The van der Waals surface area contributed by atoms with Gasteiger partial charge >= 0.3 is 0 Å². The maximum absolute atomic E-state index is 9.47. The van der Waals surface area contributed by atoms with Gasteiger partial charge in [-0.25, -0.2) is 0 Å². The van der Waals surface area contributed by atoms with Crippen LogP contribution in [0.4, 0.5) is 0 Å². The predicted molar refractivity (Wildman–Crippen MR) is 44.9 cm³/mol. The van der Waals surface area contributed by atoms with Crippen molar-refractivity contribution in [2.45, 2.75) is 40.2 Å². The predicted octanol–water partition coefficient (Wildman–Crippen LogP) is 2.36. The van der Waals surface area contributed by atoms with E-state index in [1.54, 1.807) is 0 Å². The molecule has 0 aromatic rings. The molecule has 0 bridgehead atoms. The summed E-state index contributed by atoms with van der Waals surface area (Å²) in [7, 11) is 0. The van der Waals surface area contributed by atoms with Gasteiger partial charge in [0.15, 0.2) is 0 Å². The number of rotatable bonds is 2. The number of aliphatic hydroxyl groups is 1. The van der Waals surface area contributed by atoms with E-state index in [9.17, 15) is 5.11 Å². The van der Waals surface area contributed by atoms with Gasteiger partial charge in [-0.1, -0.05) is 32.9 Å². The van der Waals surface area contributed by atoms with Crippen molar-refractivity contribution in [3.05, 3.63) is 12.2 Å². The summed E-state index contributed by atoms with van der Waals surface area (Å²) in [6.45, 7) is 8.10. The van der Waals surface area contributed by atoms with Crippen LogP contribution in [0.3, 0.4) is 0 Å². The third-order valence-corrected chi connectivity index (χ3v) is 1.59. The van der Waals surface area contributed by atoms with Gasteiger partial charge in [-0.2, -0.15) is 0 Å². The summed E-state index contributed by atoms with van der Waals surface area (Å²) in [4.78, 5) is 0. The molecule has 1 N–H and O–H groups in total. The van der Waals surface area contributed by atoms with E-state index in [2.05, 4.69) is 0 Å². The average Bonchev–Trinajstić information content (AvgIpc) is 1.80. The van der Waals surface area contributed by atoms with Crippen LogP contribution in [0.1, 0.15) is 34.1 Å². The quantitative estimate of drug-likeness (QED) is 0.587. The van der Waals surface area contributed by atoms with Gasteiger partial charge in [0, 0.05) is 0 Å². The van der Waals surface area contributed by atoms with Gasteiger partial charge < -0.3 is 5.11 Å². The topological polar surface area (TPSA) is 20.2 Å². The lowest BCUT2D eigenvalue weighted by Gasteiger charge is -2.24. The summed E-state index contributed by atoms with van der Waals surface area (Å²) in [6.07, 6.45) is 4.51. The van der Waals surface area contributed by atoms with Gasteiger partial charge in [0.05, 0.1) is 6.10 Å². The lowest BCUT2D eigenvalue weighted by atomic mass is 9.87. The molecule has 0 aromatic heterocycles. The Morgan fingerprint density at radius 2 is 1.90 bits per heavy atom. The van der Waals surface area contributed by atoms with Crippen LogP contribution < -0.4 is 0 Å². The van der Waals surface area contributed by atoms with Crippen molar-refractivity contribution < 1.29 is 5.11 Å². The third kappa shape index (κ3) is 3.67. The van der Waals surface area contributed by atoms with Gasteiger partial charge in [0.25, 0.3) is 0 Å². The SMILES string of the molecule is C/C=C/CC(O)C(C)(C)C. The Labute approximate surface area is 63.8 Å². The molecule has 0 rings (SSSR count). The molecule has 1 atom stereocenters. The van der Waals surface area contributed by atoms with Crippen LogP contribution in [-0.2, 0) is 0 Å². The second kappa shape index (κ2) is 3.77. The zero-order chi connectivity index (χ0) is 8.20. The van der Waals surface area contributed by atoms with Gasteiger partial charge in [0.1, 0.15) is 0 Å². The Balaban J connectivity index is 3.73. The van der Waals surface area contributed by atoms with Gasteiger partial charge in [-0.05, 0) is 18.8 Å². The fourth-order valence-corrected chi connectivity index (χ4v) is 0.619. The molecule has 0 aliphatic carbocycles. The molecule has 60 valence electrons. The normalized spacial score (nSPS) is 16.1. The molecule has 0 saturated carbocycles. The maximum atomic E-state index is 9.47. The summed E-state index contributed by atoms with van der Waals surface area (Å²) < 4.78 is 0. The van der Waals surface area contributed by atoms with Crippen molar-refractivity contribution in [2.75, 3.05) is 0 Å². The van der Waals surface area contributed by atoms with Crippen molar-refractivity contribution >= 4 is 0 Å². The van der Waals surface area contributed by atoms with Gasteiger partial charge in [-0.3, -0.25) is 0 Å². The van der Waals surface area contributed by atoms with E-state index in [0.29, 0.717) is 0 Å². The van der Waals surface area contributed by atoms with Crippen LogP contribution in [0.5, 0.6) is 0 Å². The highest BCUT2D eigenvalue weighted by Gasteiger charge is 2.19. The molecule has 1 nitrogen and oxygen atoms in total. The lowest BCUT2D eigenvalue weighted by molar-refractivity contribution is 0.0659. The van der Waals surface area contributed by atoms with Crippen molar-refractivity contribution in [1.82, 2.24) is 0 Å². The minimum absolute atomic E-state index is 0.0134. The molecule has 0 spiro atoms. The number of hydrogen-bond donors (Lipinski definition) is 1. The fraction of sp³-hybridized carbons (Fsp3) is 0.778. The minimum atomic E-state index is -0.219. The lowest BCUT2D eigenvalue weighted by Crippen LogP contribution is -2.24. The molecule has 10 heavy (non-hydrogen) atoms. The fourth-order valence-electron chi connectivity index (χ4n) is 0.619. The van der Waals surface area contributed by atoms with E-state index in [0.717, 1.165) is 6.42 Å². The zero-order valence-corrected chi connectivity index (χ0v) is 7.39. The van der Waals surface area contributed by atoms with Gasteiger partial charge in [-0.15, -0.1) is 0 Å². The van der Waals surface area contributed by atoms with Crippen LogP contribution in [-0.4, -0.2) is 11.2 Å². The summed E-state index contributed by atoms with van der Waals surface area (Å²) in [5.74, 6) is 0. The molecule has 0 fully saturated rings. The van der Waals surface area contributed by atoms with E-state index in [4.69, 9.17) is 0 Å². The number of hydrogen-bond acceptors (Lipinski definition) is 1. The van der Waals surface area contributed by atoms with Crippen molar-refractivity contribution in [3.63, 3.8) is 0 Å². The Morgan fingerprint density at radius 1 is 1.40 bits per heavy atom. The van der Waals surface area contributed by atoms with Crippen LogP contribution in [0.2, 0.25) is 0 Å². The first-order valence-electron chi connectivity index (χ1n) is 3.77. The minimum Gasteiger partial charge on any atom is -0.392 e. The molecule has 0 amide bonds. The van der Waals surface area contributed by atoms with Crippen molar-refractivity contribution in [2.24, 2.45) is 5.41 Å². The summed E-state index contributed by atoms with van der Waals surface area (Å²) in [5.41, 5.74) is 0.0134. The van der Waals surface area contributed by atoms with Crippen molar-refractivity contribution in [1.29, 1.82) is 0 Å². The molecule has 0 radical (unpaired) electrons. The van der Waals surface area contributed by atoms with Gasteiger partial charge in [0.2, 0.25) is 0 Å². The molecule has 0 aliphatic rings. The first-order chi connectivity index (χ1) is 4.48. The Bertz CT molecular complexity index is 108. The Morgan fingerprint density at radius 3 is 2.20 bits per heavy atom. The highest BCUT2D eigenvalue weighted by Crippen LogP contribution is 2.21. The van der Waals surface area contributed by atoms with Crippen LogP contribution in [0, 0.1) is 5.41 Å². The smallest absolute Gasteiger partial charge is 0.0622 e. The summed E-state index contributed by atoms with van der Waals surface area (Å²) >= 11 is 0. The second-order valence-electron chi connectivity index (χ2n) is 3.69. The number of allylic oxidation sites excluding steroid dienone is 1. The largest absolute Gasteiger partial charge is 0.392 e. The molecule has 0 aromatic carbocycles. The summed E-state index contributed by atoms with van der Waals surface area (Å²) in [6, 6.07) is 0. The molecule has 1 heteroatoms. The zero-order valence-electron chi connectivity index (χ0n) is 7.39. The molecule has 1 unspecified atom stereocenters. The van der Waals surface area contributed by atoms with E-state index >= 15 is 0 Å². The van der Waals surface area contributed by atoms with E-state index < -0.39 is 0 Å². The van der Waals surface area contributed by atoms with Crippen LogP contribution >= 0.6 is 0 Å². The van der Waals surface area contributed by atoms with E-state index in [-0.39, 0.29) is 11.5 Å².